The summed E-state index contributed by atoms with van der Waals surface area (Å²) >= 11 is 0. The number of likely N-dealkylation sites (N-methyl/N-ethyl adjacent to an activating group) is 1. The molecule has 0 aromatic heterocycles. The molecular formula is C22H37IN4O3. The van der Waals surface area contributed by atoms with Crippen LogP contribution in [0.15, 0.2) is 35.8 Å². The van der Waals surface area contributed by atoms with Crippen LogP contribution in [0, 0.1) is 0 Å². The van der Waals surface area contributed by atoms with Gasteiger partial charge < -0.3 is 25.0 Å². The molecule has 170 valence electrons. The van der Waals surface area contributed by atoms with Crippen molar-refractivity contribution in [3.05, 3.63) is 36.4 Å². The van der Waals surface area contributed by atoms with E-state index in [1.165, 1.54) is 12.8 Å². The lowest BCUT2D eigenvalue weighted by Gasteiger charge is -2.22. The van der Waals surface area contributed by atoms with Gasteiger partial charge in [0.2, 0.25) is 0 Å². The minimum atomic E-state index is -0.156. The molecule has 1 amide bonds. The second kappa shape index (κ2) is 16.8. The number of carbonyl (C=O) groups is 1. The van der Waals surface area contributed by atoms with Gasteiger partial charge in [0, 0.05) is 33.7 Å². The van der Waals surface area contributed by atoms with E-state index < -0.39 is 0 Å². The Morgan fingerprint density at radius 2 is 2.00 bits per heavy atom. The Balaban J connectivity index is 0.00000841. The van der Waals surface area contributed by atoms with Crippen molar-refractivity contribution in [2.75, 3.05) is 40.9 Å². The van der Waals surface area contributed by atoms with Crippen LogP contribution in [0.5, 0.6) is 11.5 Å². The predicted octanol–water partition coefficient (Wildman–Crippen LogP) is 3.58. The molecule has 0 aliphatic carbocycles. The second-order valence-electron chi connectivity index (χ2n) is 6.69. The molecular weight excluding hydrogens is 495 g/mol. The monoisotopic (exact) mass is 532 g/mol. The number of allylic oxidation sites excluding steroid dienone is 1. The fourth-order valence-corrected chi connectivity index (χ4v) is 2.82. The summed E-state index contributed by atoms with van der Waals surface area (Å²) in [5.74, 6) is 1.84. The van der Waals surface area contributed by atoms with Crippen LogP contribution in [0.3, 0.4) is 0 Å². The Morgan fingerprint density at radius 1 is 1.23 bits per heavy atom. The van der Waals surface area contributed by atoms with E-state index in [9.17, 15) is 4.79 Å². The number of unbranched alkanes of at least 4 members (excludes halogenated alkanes) is 3. The van der Waals surface area contributed by atoms with Gasteiger partial charge in [-0.2, -0.15) is 0 Å². The molecule has 0 aliphatic rings. The first-order valence-electron chi connectivity index (χ1n) is 10.1. The molecule has 0 radical (unpaired) electrons. The number of amides is 1. The fraction of sp³-hybridized carbons (Fsp3) is 0.545. The van der Waals surface area contributed by atoms with Crippen molar-refractivity contribution in [1.82, 2.24) is 15.5 Å². The molecule has 0 atom stereocenters. The van der Waals surface area contributed by atoms with Crippen LogP contribution in [0.1, 0.15) is 38.2 Å². The maximum absolute atomic E-state index is 11.6. The molecule has 0 saturated carbocycles. The molecule has 0 aliphatic heterocycles. The van der Waals surface area contributed by atoms with E-state index >= 15 is 0 Å². The smallest absolute Gasteiger partial charge is 0.257 e. The highest BCUT2D eigenvalue weighted by Crippen LogP contribution is 2.28. The highest BCUT2D eigenvalue weighted by Gasteiger charge is 2.10. The van der Waals surface area contributed by atoms with Crippen molar-refractivity contribution in [2.45, 2.75) is 39.2 Å². The number of hydrogen-bond acceptors (Lipinski definition) is 4. The maximum atomic E-state index is 11.6. The topological polar surface area (TPSA) is 75.2 Å². The Labute approximate surface area is 198 Å². The van der Waals surface area contributed by atoms with Gasteiger partial charge in [0.15, 0.2) is 24.1 Å². The summed E-state index contributed by atoms with van der Waals surface area (Å²) < 4.78 is 11.0. The third-order valence-corrected chi connectivity index (χ3v) is 4.39. The quantitative estimate of drug-likeness (QED) is 0.134. The summed E-state index contributed by atoms with van der Waals surface area (Å²) in [7, 11) is 5.42. The third kappa shape index (κ3) is 10.7. The van der Waals surface area contributed by atoms with Crippen LogP contribution >= 0.6 is 24.0 Å². The van der Waals surface area contributed by atoms with E-state index in [4.69, 9.17) is 9.47 Å². The summed E-state index contributed by atoms with van der Waals surface area (Å²) in [5.41, 5.74) is 1.03. The van der Waals surface area contributed by atoms with Gasteiger partial charge in [-0.3, -0.25) is 9.79 Å². The van der Waals surface area contributed by atoms with Gasteiger partial charge in [-0.05, 0) is 43.9 Å². The van der Waals surface area contributed by atoms with E-state index in [-0.39, 0.29) is 36.5 Å². The molecule has 0 saturated heterocycles. The summed E-state index contributed by atoms with van der Waals surface area (Å²) in [5, 5.41) is 6.08. The first-order valence-corrected chi connectivity index (χ1v) is 10.1. The molecule has 0 fully saturated rings. The van der Waals surface area contributed by atoms with Crippen molar-refractivity contribution in [1.29, 1.82) is 0 Å². The average molecular weight is 532 g/mol. The van der Waals surface area contributed by atoms with E-state index in [1.807, 2.05) is 38.2 Å². The molecule has 0 heterocycles. The first-order chi connectivity index (χ1) is 14.0. The van der Waals surface area contributed by atoms with Crippen LogP contribution < -0.4 is 20.1 Å². The SMILES string of the molecule is C=CCCCCCN(C)C(=NC)NCc1ccc(OCC(=O)NCC)c(OC)c1.I. The number of hydrogen-bond donors (Lipinski definition) is 2. The Morgan fingerprint density at radius 3 is 2.63 bits per heavy atom. The summed E-state index contributed by atoms with van der Waals surface area (Å²) in [6.45, 7) is 7.73. The number of halogens is 1. The zero-order valence-electron chi connectivity index (χ0n) is 18.7. The van der Waals surface area contributed by atoms with Gasteiger partial charge in [0.25, 0.3) is 5.91 Å². The number of nitrogens with zero attached hydrogens (tertiary/aromatic N) is 2. The van der Waals surface area contributed by atoms with Crippen molar-refractivity contribution in [3.63, 3.8) is 0 Å². The highest BCUT2D eigenvalue weighted by molar-refractivity contribution is 14.0. The molecule has 0 unspecified atom stereocenters. The fourth-order valence-electron chi connectivity index (χ4n) is 2.82. The van der Waals surface area contributed by atoms with Gasteiger partial charge >= 0.3 is 0 Å². The number of ether oxygens (including phenoxy) is 2. The zero-order valence-corrected chi connectivity index (χ0v) is 21.0. The molecule has 0 bridgehead atoms. The lowest BCUT2D eigenvalue weighted by molar-refractivity contribution is -0.123. The van der Waals surface area contributed by atoms with Gasteiger partial charge in [0.05, 0.1) is 7.11 Å². The molecule has 8 heteroatoms. The van der Waals surface area contributed by atoms with E-state index in [2.05, 4.69) is 27.1 Å². The van der Waals surface area contributed by atoms with Crippen molar-refractivity contribution in [2.24, 2.45) is 4.99 Å². The number of rotatable bonds is 13. The maximum Gasteiger partial charge on any atom is 0.257 e. The number of nitrogens with one attached hydrogen (secondary N) is 2. The van der Waals surface area contributed by atoms with Gasteiger partial charge in [-0.25, -0.2) is 0 Å². The van der Waals surface area contributed by atoms with Crippen LogP contribution in [-0.2, 0) is 11.3 Å². The molecule has 1 aromatic carbocycles. The lowest BCUT2D eigenvalue weighted by atomic mass is 10.2. The summed E-state index contributed by atoms with van der Waals surface area (Å²) in [6.07, 6.45) is 6.52. The van der Waals surface area contributed by atoms with Crippen molar-refractivity contribution in [3.8, 4) is 11.5 Å². The standard InChI is InChI=1S/C22H36N4O3.HI/c1-6-8-9-10-11-14-26(4)22(23-3)25-16-18-12-13-19(20(15-18)28-5)29-17-21(27)24-7-2;/h6,12-13,15H,1,7-11,14,16-17H2,2-5H3,(H,23,25)(H,24,27);1H. The summed E-state index contributed by atoms with van der Waals surface area (Å²) in [6, 6.07) is 5.68. The Kier molecular flexibility index (Phi) is 15.7. The predicted molar refractivity (Wildman–Crippen MR) is 134 cm³/mol. The number of carbonyl (C=O) groups excluding carboxylic acids is 1. The van der Waals surface area contributed by atoms with Crippen LogP contribution in [0.4, 0.5) is 0 Å². The molecule has 1 aromatic rings. The normalized spacial score (nSPS) is 10.6. The average Bonchev–Trinajstić information content (AvgIpc) is 2.73. The molecule has 7 nitrogen and oxygen atoms in total. The highest BCUT2D eigenvalue weighted by atomic mass is 127. The van der Waals surface area contributed by atoms with Crippen molar-refractivity contribution < 1.29 is 14.3 Å². The first kappa shape index (κ1) is 28.0. The molecule has 0 spiro atoms. The number of benzene rings is 1. The molecule has 2 N–H and O–H groups in total. The number of guanidine groups is 1. The Hall–Kier alpha value is -1.97. The minimum Gasteiger partial charge on any atom is -0.493 e. The second-order valence-corrected chi connectivity index (χ2v) is 6.69. The lowest BCUT2D eigenvalue weighted by Crippen LogP contribution is -2.39. The van der Waals surface area contributed by atoms with Crippen LogP contribution in [0.25, 0.3) is 0 Å². The van der Waals surface area contributed by atoms with E-state index in [1.54, 1.807) is 14.2 Å². The minimum absolute atomic E-state index is 0. The van der Waals surface area contributed by atoms with Gasteiger partial charge in [-0.1, -0.05) is 18.6 Å². The third-order valence-electron chi connectivity index (χ3n) is 4.39. The Bertz CT molecular complexity index is 668. The largest absolute Gasteiger partial charge is 0.493 e. The number of methoxy groups -OCH3 is 1. The molecule has 1 rings (SSSR count). The molecule has 30 heavy (non-hydrogen) atoms. The van der Waals surface area contributed by atoms with E-state index in [0.29, 0.717) is 24.6 Å². The van der Waals surface area contributed by atoms with Gasteiger partial charge in [-0.15, -0.1) is 30.6 Å². The van der Waals surface area contributed by atoms with Crippen LogP contribution in [0.2, 0.25) is 0 Å². The van der Waals surface area contributed by atoms with E-state index in [0.717, 1.165) is 30.9 Å². The van der Waals surface area contributed by atoms with Crippen LogP contribution in [-0.4, -0.2) is 57.7 Å². The number of aliphatic imine (C=N–C) groups is 1. The zero-order chi connectivity index (χ0) is 21.5. The summed E-state index contributed by atoms with van der Waals surface area (Å²) in [4.78, 5) is 18.1. The van der Waals surface area contributed by atoms with Gasteiger partial charge in [0.1, 0.15) is 0 Å². The van der Waals surface area contributed by atoms with Crippen molar-refractivity contribution >= 4 is 35.8 Å².